The van der Waals surface area contributed by atoms with E-state index < -0.39 is 0 Å². The van der Waals surface area contributed by atoms with Crippen LogP contribution in [0.5, 0.6) is 0 Å². The van der Waals surface area contributed by atoms with E-state index in [1.54, 1.807) is 0 Å². The van der Waals surface area contributed by atoms with Crippen molar-refractivity contribution in [2.24, 2.45) is 0 Å². The van der Waals surface area contributed by atoms with E-state index in [0.29, 0.717) is 29.0 Å². The molecular weight excluding hydrogens is 346 g/mol. The Morgan fingerprint density at radius 2 is 1.88 bits per heavy atom. The van der Waals surface area contributed by atoms with Gasteiger partial charge in [-0.05, 0) is 12.8 Å². The molecule has 0 aromatic carbocycles. The van der Waals surface area contributed by atoms with Crippen LogP contribution in [-0.2, 0) is 19.1 Å². The third-order valence-corrected chi connectivity index (χ3v) is 3.84. The number of anilines is 1. The molecule has 0 aliphatic rings. The molecule has 25 heavy (non-hydrogen) atoms. The maximum absolute atomic E-state index is 11.4. The fraction of sp³-hybridized carbons (Fsp3) is 0.533. The summed E-state index contributed by atoms with van der Waals surface area (Å²) in [7, 11) is 0. The SMILES string of the molecule is CCCC(=O)OCNc1nc(SCOC(=O)CCC)c2[nH]cnc2n1. The number of nitrogens with one attached hydrogen (secondary N) is 2. The molecule has 2 aromatic heterocycles. The zero-order valence-electron chi connectivity index (χ0n) is 14.2. The maximum Gasteiger partial charge on any atom is 0.307 e. The molecule has 0 spiro atoms. The number of carbonyl (C=O) groups is 2. The Hall–Kier alpha value is -2.36. The van der Waals surface area contributed by atoms with Crippen molar-refractivity contribution in [2.45, 2.75) is 44.6 Å². The number of imidazole rings is 1. The summed E-state index contributed by atoms with van der Waals surface area (Å²) in [5, 5.41) is 3.43. The molecule has 2 rings (SSSR count). The van der Waals surface area contributed by atoms with E-state index in [-0.39, 0.29) is 30.6 Å². The van der Waals surface area contributed by atoms with Gasteiger partial charge in [0.25, 0.3) is 0 Å². The topological polar surface area (TPSA) is 119 Å². The van der Waals surface area contributed by atoms with Gasteiger partial charge in [-0.1, -0.05) is 25.6 Å². The molecule has 0 bridgehead atoms. The number of thioether (sulfide) groups is 1. The zero-order valence-corrected chi connectivity index (χ0v) is 15.0. The van der Waals surface area contributed by atoms with E-state index >= 15 is 0 Å². The van der Waals surface area contributed by atoms with Crippen molar-refractivity contribution < 1.29 is 19.1 Å². The van der Waals surface area contributed by atoms with Crippen LogP contribution in [0, 0.1) is 0 Å². The minimum atomic E-state index is -0.284. The lowest BCUT2D eigenvalue weighted by molar-refractivity contribution is -0.143. The lowest BCUT2D eigenvalue weighted by Gasteiger charge is -2.08. The summed E-state index contributed by atoms with van der Waals surface area (Å²) >= 11 is 1.26. The van der Waals surface area contributed by atoms with Crippen LogP contribution in [0.4, 0.5) is 5.95 Å². The third-order valence-electron chi connectivity index (χ3n) is 3.04. The van der Waals surface area contributed by atoms with Gasteiger partial charge >= 0.3 is 11.9 Å². The first-order valence-electron chi connectivity index (χ1n) is 8.03. The molecule has 0 saturated heterocycles. The Labute approximate surface area is 149 Å². The van der Waals surface area contributed by atoms with Crippen molar-refractivity contribution in [3.05, 3.63) is 6.33 Å². The standard InChI is InChI=1S/C15H21N5O4S/c1-3-5-10(21)23-8-18-15-19-13-12(16-7-17-13)14(20-15)25-9-24-11(22)6-4-2/h7H,3-6,8-9H2,1-2H3,(H2,16,17,18,19,20). The number of nitrogens with zero attached hydrogens (tertiary/aromatic N) is 3. The van der Waals surface area contributed by atoms with Gasteiger partial charge in [0.2, 0.25) is 5.95 Å². The Balaban J connectivity index is 1.97. The summed E-state index contributed by atoms with van der Waals surface area (Å²) in [6.45, 7) is 3.79. The fourth-order valence-electron chi connectivity index (χ4n) is 1.87. The largest absolute Gasteiger partial charge is 0.454 e. The number of rotatable bonds is 10. The van der Waals surface area contributed by atoms with Gasteiger partial charge in [0, 0.05) is 12.8 Å². The number of H-pyrrole nitrogens is 1. The third kappa shape index (κ3) is 5.89. The van der Waals surface area contributed by atoms with Crippen LogP contribution in [-0.4, -0.2) is 44.5 Å². The van der Waals surface area contributed by atoms with Crippen LogP contribution in [0.2, 0.25) is 0 Å². The molecule has 9 nitrogen and oxygen atoms in total. The maximum atomic E-state index is 11.4. The molecular formula is C15H21N5O4S. The van der Waals surface area contributed by atoms with Crippen LogP contribution in [0.15, 0.2) is 11.4 Å². The second kappa shape index (κ2) is 9.82. The lowest BCUT2D eigenvalue weighted by atomic mass is 10.3. The van der Waals surface area contributed by atoms with Gasteiger partial charge in [-0.25, -0.2) is 9.97 Å². The Morgan fingerprint density at radius 3 is 2.60 bits per heavy atom. The number of ether oxygens (including phenoxy) is 2. The lowest BCUT2D eigenvalue weighted by Crippen LogP contribution is -2.14. The number of aromatic nitrogens is 4. The van der Waals surface area contributed by atoms with Crippen LogP contribution in [0.3, 0.4) is 0 Å². The average molecular weight is 367 g/mol. The van der Waals surface area contributed by atoms with Crippen molar-refractivity contribution in [1.29, 1.82) is 0 Å². The number of hydrogen-bond acceptors (Lipinski definition) is 9. The molecule has 0 saturated carbocycles. The van der Waals surface area contributed by atoms with Crippen LogP contribution >= 0.6 is 11.8 Å². The zero-order chi connectivity index (χ0) is 18.1. The van der Waals surface area contributed by atoms with Crippen LogP contribution in [0.1, 0.15) is 39.5 Å². The second-order valence-corrected chi connectivity index (χ2v) is 5.98. The van der Waals surface area contributed by atoms with E-state index in [4.69, 9.17) is 9.47 Å². The summed E-state index contributed by atoms with van der Waals surface area (Å²) in [6, 6.07) is 0. The number of esters is 2. The first-order chi connectivity index (χ1) is 12.1. The molecule has 0 amide bonds. The van der Waals surface area contributed by atoms with E-state index in [1.165, 1.54) is 18.1 Å². The van der Waals surface area contributed by atoms with E-state index in [2.05, 4.69) is 25.3 Å². The summed E-state index contributed by atoms with van der Waals surface area (Å²) in [6.07, 6.45) is 3.74. The van der Waals surface area contributed by atoms with Crippen molar-refractivity contribution in [3.63, 3.8) is 0 Å². The number of aromatic amines is 1. The molecule has 0 atom stereocenters. The monoisotopic (exact) mass is 367 g/mol. The van der Waals surface area contributed by atoms with Gasteiger partial charge in [-0.3, -0.25) is 9.59 Å². The van der Waals surface area contributed by atoms with Gasteiger partial charge in [-0.15, -0.1) is 0 Å². The van der Waals surface area contributed by atoms with Gasteiger partial charge < -0.3 is 19.8 Å². The second-order valence-electron chi connectivity index (χ2n) is 5.07. The Morgan fingerprint density at radius 1 is 1.16 bits per heavy atom. The number of hydrogen-bond donors (Lipinski definition) is 2. The highest BCUT2D eigenvalue weighted by atomic mass is 32.2. The number of fused-ring (bicyclic) bond motifs is 1. The molecule has 0 unspecified atom stereocenters. The molecule has 10 heteroatoms. The smallest absolute Gasteiger partial charge is 0.307 e. The molecule has 0 aliphatic carbocycles. The van der Waals surface area contributed by atoms with Crippen LogP contribution < -0.4 is 5.32 Å². The Bertz CT molecular complexity index is 721. The first kappa shape index (κ1) is 19.0. The fourth-order valence-corrected chi connectivity index (χ4v) is 2.62. The van der Waals surface area contributed by atoms with Crippen molar-refractivity contribution >= 4 is 40.8 Å². The molecule has 0 aliphatic heterocycles. The predicted octanol–water partition coefficient (Wildman–Crippen LogP) is 2.46. The summed E-state index contributed by atoms with van der Waals surface area (Å²) < 4.78 is 10.2. The van der Waals surface area contributed by atoms with E-state index in [0.717, 1.165) is 12.8 Å². The molecule has 2 heterocycles. The highest BCUT2D eigenvalue weighted by Gasteiger charge is 2.12. The molecule has 2 aromatic rings. The predicted molar refractivity (Wildman–Crippen MR) is 92.9 cm³/mol. The normalized spacial score (nSPS) is 10.6. The molecule has 2 N–H and O–H groups in total. The van der Waals surface area contributed by atoms with E-state index in [1.807, 2.05) is 13.8 Å². The highest BCUT2D eigenvalue weighted by Crippen LogP contribution is 2.24. The Kier molecular flexibility index (Phi) is 7.45. The van der Waals surface area contributed by atoms with E-state index in [9.17, 15) is 9.59 Å². The minimum Gasteiger partial charge on any atom is -0.454 e. The summed E-state index contributed by atoms with van der Waals surface area (Å²) in [5.41, 5.74) is 1.13. The van der Waals surface area contributed by atoms with Crippen molar-refractivity contribution in [2.75, 3.05) is 18.0 Å². The average Bonchev–Trinajstić information content (AvgIpc) is 3.04. The van der Waals surface area contributed by atoms with Crippen molar-refractivity contribution in [1.82, 2.24) is 19.9 Å². The van der Waals surface area contributed by atoms with Crippen LogP contribution in [0.25, 0.3) is 11.2 Å². The van der Waals surface area contributed by atoms with Gasteiger partial charge in [0.15, 0.2) is 12.4 Å². The number of carbonyl (C=O) groups excluding carboxylic acids is 2. The van der Waals surface area contributed by atoms with Gasteiger partial charge in [0.1, 0.15) is 16.5 Å². The van der Waals surface area contributed by atoms with Gasteiger partial charge in [-0.2, -0.15) is 4.98 Å². The summed E-state index contributed by atoms with van der Waals surface area (Å²) in [5.74, 6) is -0.0970. The first-order valence-corrected chi connectivity index (χ1v) is 9.01. The molecule has 0 radical (unpaired) electrons. The highest BCUT2D eigenvalue weighted by molar-refractivity contribution is 7.99. The molecule has 0 fully saturated rings. The quantitative estimate of drug-likeness (QED) is 0.282. The van der Waals surface area contributed by atoms with Crippen molar-refractivity contribution in [3.8, 4) is 0 Å². The molecule has 136 valence electrons. The minimum absolute atomic E-state index is 0.0235. The summed E-state index contributed by atoms with van der Waals surface area (Å²) in [4.78, 5) is 38.4. The van der Waals surface area contributed by atoms with Gasteiger partial charge in [0.05, 0.1) is 6.33 Å².